The van der Waals surface area contributed by atoms with Crippen LogP contribution in [0, 0.1) is 19.8 Å². The summed E-state index contributed by atoms with van der Waals surface area (Å²) in [5.74, 6) is 0.459. The first kappa shape index (κ1) is 12.6. The molecule has 0 radical (unpaired) electrons. The molecule has 1 aliphatic carbocycles. The van der Waals surface area contributed by atoms with Gasteiger partial charge in [-0.15, -0.1) is 0 Å². The summed E-state index contributed by atoms with van der Waals surface area (Å²) in [7, 11) is 0. The number of aliphatic hydroxyl groups excluding tert-OH is 1. The van der Waals surface area contributed by atoms with Crippen molar-refractivity contribution in [2.75, 3.05) is 6.54 Å². The first-order chi connectivity index (χ1) is 8.16. The van der Waals surface area contributed by atoms with Crippen molar-refractivity contribution in [2.24, 2.45) is 5.92 Å². The summed E-state index contributed by atoms with van der Waals surface area (Å²) in [5, 5.41) is 13.2. The summed E-state index contributed by atoms with van der Waals surface area (Å²) >= 11 is 0. The lowest BCUT2D eigenvalue weighted by Crippen LogP contribution is -2.27. The summed E-state index contributed by atoms with van der Waals surface area (Å²) < 4.78 is 0. The predicted octanol–water partition coefficient (Wildman–Crippen LogP) is 2.55. The molecule has 0 bridgehead atoms. The van der Waals surface area contributed by atoms with Gasteiger partial charge < -0.3 is 10.4 Å². The van der Waals surface area contributed by atoms with E-state index in [0.717, 1.165) is 19.5 Å². The molecule has 1 fully saturated rings. The van der Waals surface area contributed by atoms with E-state index >= 15 is 0 Å². The minimum Gasteiger partial charge on any atom is -0.393 e. The monoisotopic (exact) mass is 233 g/mol. The molecule has 0 aromatic heterocycles. The fraction of sp³-hybridized carbons (Fsp3) is 0.600. The smallest absolute Gasteiger partial charge is 0.0580 e. The molecule has 0 amide bonds. The second-order valence-corrected chi connectivity index (χ2v) is 5.32. The number of hydrogen-bond acceptors (Lipinski definition) is 2. The lowest BCUT2D eigenvalue weighted by atomic mass is 10.0. The number of nitrogens with one attached hydrogen (secondary N) is 1. The highest BCUT2D eigenvalue weighted by Gasteiger charge is 2.24. The largest absolute Gasteiger partial charge is 0.393 e. The van der Waals surface area contributed by atoms with E-state index in [4.69, 9.17) is 0 Å². The minimum absolute atomic E-state index is 0.0818. The van der Waals surface area contributed by atoms with Crippen LogP contribution in [0.1, 0.15) is 36.0 Å². The molecule has 94 valence electrons. The van der Waals surface area contributed by atoms with E-state index in [2.05, 4.69) is 37.4 Å². The van der Waals surface area contributed by atoms with E-state index < -0.39 is 0 Å². The maximum absolute atomic E-state index is 9.74. The molecule has 0 spiro atoms. The predicted molar refractivity (Wildman–Crippen MR) is 71.0 cm³/mol. The Balaban J connectivity index is 1.81. The van der Waals surface area contributed by atoms with E-state index in [-0.39, 0.29) is 6.10 Å². The van der Waals surface area contributed by atoms with Gasteiger partial charge >= 0.3 is 0 Å². The Bertz CT molecular complexity index is 375. The number of rotatable bonds is 4. The van der Waals surface area contributed by atoms with Gasteiger partial charge in [-0.1, -0.05) is 30.2 Å². The molecular weight excluding hydrogens is 210 g/mol. The Morgan fingerprint density at radius 1 is 1.29 bits per heavy atom. The maximum Gasteiger partial charge on any atom is 0.0580 e. The Labute approximate surface area is 104 Å². The van der Waals surface area contributed by atoms with Crippen LogP contribution < -0.4 is 5.32 Å². The molecule has 2 atom stereocenters. The third-order valence-corrected chi connectivity index (χ3v) is 3.84. The number of hydrogen-bond donors (Lipinski definition) is 2. The quantitative estimate of drug-likeness (QED) is 0.837. The van der Waals surface area contributed by atoms with Crippen LogP contribution in [-0.2, 0) is 6.54 Å². The van der Waals surface area contributed by atoms with E-state index in [9.17, 15) is 5.11 Å². The van der Waals surface area contributed by atoms with E-state index in [0.29, 0.717) is 5.92 Å². The molecule has 1 aromatic carbocycles. The zero-order chi connectivity index (χ0) is 12.3. The van der Waals surface area contributed by atoms with Crippen molar-refractivity contribution in [1.29, 1.82) is 0 Å². The second kappa shape index (κ2) is 5.65. The van der Waals surface area contributed by atoms with Crippen LogP contribution in [0.25, 0.3) is 0 Å². The minimum atomic E-state index is -0.0818. The van der Waals surface area contributed by atoms with Crippen LogP contribution in [0.15, 0.2) is 18.2 Å². The standard InChI is InChI=1S/C15H23NO/c1-11-6-7-13(12(2)8-11)9-16-10-14-4-3-5-15(14)17/h6-8,14-17H,3-5,9-10H2,1-2H3. The highest BCUT2D eigenvalue weighted by atomic mass is 16.3. The molecule has 1 saturated carbocycles. The van der Waals surface area contributed by atoms with Gasteiger partial charge in [-0.25, -0.2) is 0 Å². The molecule has 17 heavy (non-hydrogen) atoms. The van der Waals surface area contributed by atoms with Crippen LogP contribution in [0.2, 0.25) is 0 Å². The van der Waals surface area contributed by atoms with Crippen LogP contribution in [0.4, 0.5) is 0 Å². The van der Waals surface area contributed by atoms with Crippen molar-refractivity contribution in [2.45, 2.75) is 45.8 Å². The summed E-state index contributed by atoms with van der Waals surface area (Å²) in [6.45, 7) is 6.14. The molecule has 1 aromatic rings. The Hall–Kier alpha value is -0.860. The van der Waals surface area contributed by atoms with Crippen molar-refractivity contribution in [3.8, 4) is 0 Å². The zero-order valence-electron chi connectivity index (χ0n) is 10.9. The SMILES string of the molecule is Cc1ccc(CNCC2CCCC2O)c(C)c1. The van der Waals surface area contributed by atoms with Gasteiger partial charge in [0.1, 0.15) is 0 Å². The van der Waals surface area contributed by atoms with E-state index in [1.165, 1.54) is 29.5 Å². The molecule has 1 aliphatic rings. The van der Waals surface area contributed by atoms with Crippen LogP contribution >= 0.6 is 0 Å². The van der Waals surface area contributed by atoms with Crippen LogP contribution in [0.5, 0.6) is 0 Å². The van der Waals surface area contributed by atoms with Gasteiger partial charge in [0.25, 0.3) is 0 Å². The van der Waals surface area contributed by atoms with E-state index in [1.54, 1.807) is 0 Å². The highest BCUT2D eigenvalue weighted by Crippen LogP contribution is 2.24. The van der Waals surface area contributed by atoms with Crippen molar-refractivity contribution in [3.63, 3.8) is 0 Å². The number of aryl methyl sites for hydroxylation is 2. The molecule has 0 aliphatic heterocycles. The lowest BCUT2D eigenvalue weighted by molar-refractivity contribution is 0.131. The maximum atomic E-state index is 9.74. The molecule has 0 saturated heterocycles. The molecule has 2 rings (SSSR count). The molecule has 0 heterocycles. The average Bonchev–Trinajstić information content (AvgIpc) is 2.68. The van der Waals surface area contributed by atoms with Gasteiger partial charge in [0.2, 0.25) is 0 Å². The third kappa shape index (κ3) is 3.30. The van der Waals surface area contributed by atoms with E-state index in [1.807, 2.05) is 0 Å². The zero-order valence-corrected chi connectivity index (χ0v) is 10.9. The summed E-state index contributed by atoms with van der Waals surface area (Å²) in [4.78, 5) is 0. The molecule has 2 unspecified atom stereocenters. The van der Waals surface area contributed by atoms with Crippen LogP contribution in [0.3, 0.4) is 0 Å². The van der Waals surface area contributed by atoms with Gasteiger partial charge in [0.15, 0.2) is 0 Å². The lowest BCUT2D eigenvalue weighted by Gasteiger charge is -2.15. The Morgan fingerprint density at radius 2 is 2.12 bits per heavy atom. The summed E-state index contributed by atoms with van der Waals surface area (Å²) in [5.41, 5.74) is 4.03. The number of aliphatic hydroxyl groups is 1. The van der Waals surface area contributed by atoms with Crippen molar-refractivity contribution in [3.05, 3.63) is 34.9 Å². The summed E-state index contributed by atoms with van der Waals surface area (Å²) in [6.07, 6.45) is 3.25. The fourth-order valence-corrected chi connectivity index (χ4v) is 2.69. The fourth-order valence-electron chi connectivity index (χ4n) is 2.69. The van der Waals surface area contributed by atoms with Gasteiger partial charge in [0, 0.05) is 13.1 Å². The highest BCUT2D eigenvalue weighted by molar-refractivity contribution is 5.30. The average molecular weight is 233 g/mol. The topological polar surface area (TPSA) is 32.3 Å². The summed E-state index contributed by atoms with van der Waals surface area (Å²) in [6, 6.07) is 6.58. The third-order valence-electron chi connectivity index (χ3n) is 3.84. The van der Waals surface area contributed by atoms with Gasteiger partial charge in [-0.3, -0.25) is 0 Å². The molecule has 2 heteroatoms. The Kier molecular flexibility index (Phi) is 4.19. The van der Waals surface area contributed by atoms with Crippen molar-refractivity contribution in [1.82, 2.24) is 5.32 Å². The van der Waals surface area contributed by atoms with Gasteiger partial charge in [0.05, 0.1) is 6.10 Å². The van der Waals surface area contributed by atoms with Gasteiger partial charge in [-0.2, -0.15) is 0 Å². The van der Waals surface area contributed by atoms with Crippen molar-refractivity contribution >= 4 is 0 Å². The van der Waals surface area contributed by atoms with Crippen LogP contribution in [-0.4, -0.2) is 17.8 Å². The normalized spacial score (nSPS) is 24.2. The first-order valence-corrected chi connectivity index (χ1v) is 6.61. The Morgan fingerprint density at radius 3 is 2.76 bits per heavy atom. The van der Waals surface area contributed by atoms with Gasteiger partial charge in [-0.05, 0) is 43.7 Å². The molecule has 2 nitrogen and oxygen atoms in total. The molecule has 2 N–H and O–H groups in total. The first-order valence-electron chi connectivity index (χ1n) is 6.61. The number of benzene rings is 1. The van der Waals surface area contributed by atoms with Crippen molar-refractivity contribution < 1.29 is 5.11 Å². The molecular formula is C15H23NO. The second-order valence-electron chi connectivity index (χ2n) is 5.32.